The first-order valence-corrected chi connectivity index (χ1v) is 20.5. The second kappa shape index (κ2) is 21.9. The molecule has 0 aromatic rings. The van der Waals surface area contributed by atoms with Crippen LogP contribution in [0.5, 0.6) is 0 Å². The SMILES string of the molecule is C/C(=C\CC(O[C@@H]1O[C@H](CO)[C@@H](O)[C@H](O)[C@H]1O)/C(C)=C/CCC1(C)C(CCCO[C@@H]2O[C@H](CO)[C@@H](O)[C@H](O)[C@H]2O)/C(=C(\C)C=O)CC[C@]1(C)O)CCC(O)C(C)(C)O. The molecule has 3 fully saturated rings. The average molecular weight is 833 g/mol. The van der Waals surface area contributed by atoms with E-state index in [4.69, 9.17) is 18.9 Å². The largest absolute Gasteiger partial charge is 0.394 e. The lowest BCUT2D eigenvalue weighted by atomic mass is 9.54. The minimum atomic E-state index is -1.63. The van der Waals surface area contributed by atoms with E-state index in [1.165, 1.54) is 13.8 Å². The minimum Gasteiger partial charge on any atom is -0.394 e. The number of allylic oxidation sites excluding steroid dienone is 4. The predicted octanol–water partition coefficient (Wildman–Crippen LogP) is 0.426. The quantitative estimate of drug-likeness (QED) is 0.0344. The zero-order valence-corrected chi connectivity index (χ0v) is 35.2. The van der Waals surface area contributed by atoms with Gasteiger partial charge in [-0.25, -0.2) is 0 Å². The second-order valence-electron chi connectivity index (χ2n) is 17.6. The van der Waals surface area contributed by atoms with Crippen molar-refractivity contribution in [1.29, 1.82) is 0 Å². The molecule has 11 N–H and O–H groups in total. The molecule has 16 heteroatoms. The molecule has 0 aromatic heterocycles. The second-order valence-corrected chi connectivity index (χ2v) is 17.6. The lowest BCUT2D eigenvalue weighted by Crippen LogP contribution is -2.59. The van der Waals surface area contributed by atoms with E-state index >= 15 is 0 Å². The Labute approximate surface area is 342 Å². The normalized spacial score (nSPS) is 38.7. The predicted molar refractivity (Wildman–Crippen MR) is 211 cm³/mol. The van der Waals surface area contributed by atoms with Gasteiger partial charge >= 0.3 is 0 Å². The first-order chi connectivity index (χ1) is 27.0. The Kier molecular flexibility index (Phi) is 19.1. The number of aldehydes is 1. The van der Waals surface area contributed by atoms with E-state index in [1.54, 1.807) is 13.8 Å². The standard InChI is InChI=1S/C42H72O16/c1-23(13-15-31(46)40(4,5)53)12-14-28(56-39-37(52)35(50)33(48)30(22-45)58-39)24(2)10-8-17-41(6)27(26(25(3)20-43)16-18-42(41,7)54)11-9-19-55-38-36(51)34(49)32(47)29(21-44)57-38/h10,12,20,27-39,44-54H,8-9,11,13-19,21-22H2,1-7H3/b23-12+,24-10+,26-25+/t27?,28?,29-,30-,31?,32-,33-,34+,35+,36-,37-,38-,39-,41?,42+/m1/s1. The van der Waals surface area contributed by atoms with Gasteiger partial charge in [0.2, 0.25) is 0 Å². The third-order valence-corrected chi connectivity index (χ3v) is 12.8. The summed E-state index contributed by atoms with van der Waals surface area (Å²) in [5.41, 5.74) is -0.0130. The summed E-state index contributed by atoms with van der Waals surface area (Å²) in [7, 11) is 0. The van der Waals surface area contributed by atoms with Crippen LogP contribution in [0.15, 0.2) is 34.4 Å². The van der Waals surface area contributed by atoms with Gasteiger partial charge in [-0.05, 0) is 116 Å². The van der Waals surface area contributed by atoms with Crippen molar-refractivity contribution in [3.63, 3.8) is 0 Å². The van der Waals surface area contributed by atoms with Gasteiger partial charge in [0.1, 0.15) is 55.1 Å². The molecule has 0 bridgehead atoms. The number of carbonyl (C=O) groups excluding carboxylic acids is 1. The molecule has 0 spiro atoms. The van der Waals surface area contributed by atoms with Gasteiger partial charge in [-0.15, -0.1) is 0 Å². The highest BCUT2D eigenvalue weighted by Crippen LogP contribution is 2.55. The Morgan fingerprint density at radius 2 is 1.47 bits per heavy atom. The van der Waals surface area contributed by atoms with Crippen LogP contribution in [0.2, 0.25) is 0 Å². The van der Waals surface area contributed by atoms with Gasteiger partial charge in [0.05, 0.1) is 36.6 Å². The minimum absolute atomic E-state index is 0.0739. The fourth-order valence-corrected chi connectivity index (χ4v) is 8.32. The Hall–Kier alpha value is -1.71. The molecule has 58 heavy (non-hydrogen) atoms. The van der Waals surface area contributed by atoms with Gasteiger partial charge in [0.25, 0.3) is 0 Å². The van der Waals surface area contributed by atoms with Gasteiger partial charge in [-0.1, -0.05) is 30.2 Å². The van der Waals surface area contributed by atoms with Gasteiger partial charge in [0, 0.05) is 12.0 Å². The lowest BCUT2D eigenvalue weighted by molar-refractivity contribution is -0.308. The fourth-order valence-electron chi connectivity index (χ4n) is 8.32. The van der Waals surface area contributed by atoms with E-state index < -0.39 is 103 Å². The molecule has 4 unspecified atom stereocenters. The summed E-state index contributed by atoms with van der Waals surface area (Å²) in [5, 5.41) is 114. The summed E-state index contributed by atoms with van der Waals surface area (Å²) in [5.74, 6) is -0.264. The Morgan fingerprint density at radius 3 is 2.02 bits per heavy atom. The van der Waals surface area contributed by atoms with E-state index in [0.717, 1.165) is 23.0 Å². The number of rotatable bonds is 20. The number of carbonyl (C=O) groups is 1. The van der Waals surface area contributed by atoms with Gasteiger partial charge < -0.3 is 75.1 Å². The number of aliphatic hydroxyl groups excluding tert-OH is 9. The average Bonchev–Trinajstić information content (AvgIpc) is 3.17. The van der Waals surface area contributed by atoms with Crippen LogP contribution in [0.3, 0.4) is 0 Å². The summed E-state index contributed by atoms with van der Waals surface area (Å²) < 4.78 is 23.2. The van der Waals surface area contributed by atoms with Crippen LogP contribution in [-0.2, 0) is 23.7 Å². The molecule has 0 amide bonds. The van der Waals surface area contributed by atoms with Crippen LogP contribution in [0, 0.1) is 11.3 Å². The summed E-state index contributed by atoms with van der Waals surface area (Å²) in [6.07, 6.45) is -7.49. The summed E-state index contributed by atoms with van der Waals surface area (Å²) in [6, 6.07) is 0. The Morgan fingerprint density at radius 1 is 0.897 bits per heavy atom. The molecule has 3 aliphatic rings. The van der Waals surface area contributed by atoms with Crippen molar-refractivity contribution in [2.75, 3.05) is 19.8 Å². The van der Waals surface area contributed by atoms with Crippen molar-refractivity contribution >= 4 is 6.29 Å². The maximum Gasteiger partial charge on any atom is 0.187 e. The van der Waals surface area contributed by atoms with Crippen LogP contribution in [0.4, 0.5) is 0 Å². The zero-order chi connectivity index (χ0) is 43.7. The third-order valence-electron chi connectivity index (χ3n) is 12.8. The van der Waals surface area contributed by atoms with Crippen LogP contribution >= 0.6 is 0 Å². The maximum absolute atomic E-state index is 12.1. The summed E-state index contributed by atoms with van der Waals surface area (Å²) in [4.78, 5) is 12.1. The van der Waals surface area contributed by atoms with E-state index in [1.807, 2.05) is 32.9 Å². The van der Waals surface area contributed by atoms with E-state index in [2.05, 4.69) is 0 Å². The molecule has 0 aromatic carbocycles. The molecular weight excluding hydrogens is 760 g/mol. The smallest absolute Gasteiger partial charge is 0.187 e. The van der Waals surface area contributed by atoms with E-state index in [0.29, 0.717) is 63.4 Å². The molecular formula is C42H72O16. The van der Waals surface area contributed by atoms with Crippen LogP contribution in [-0.4, -0.2) is 167 Å². The van der Waals surface area contributed by atoms with Crippen molar-refractivity contribution in [3.05, 3.63) is 34.4 Å². The Balaban J connectivity index is 1.84. The third kappa shape index (κ3) is 12.4. The van der Waals surface area contributed by atoms with Crippen molar-refractivity contribution in [2.45, 2.75) is 191 Å². The Bertz CT molecular complexity index is 1390. The van der Waals surface area contributed by atoms with Crippen molar-refractivity contribution < 1.29 is 79.9 Å². The first-order valence-electron chi connectivity index (χ1n) is 20.5. The van der Waals surface area contributed by atoms with E-state index in [9.17, 15) is 61.0 Å². The van der Waals surface area contributed by atoms with Crippen LogP contribution < -0.4 is 0 Å². The summed E-state index contributed by atoms with van der Waals surface area (Å²) >= 11 is 0. The van der Waals surface area contributed by atoms with Crippen LogP contribution in [0.1, 0.15) is 106 Å². The molecule has 2 saturated heterocycles. The molecule has 1 saturated carbocycles. The molecule has 2 heterocycles. The fraction of sp³-hybridized carbons (Fsp3) is 0.833. The highest BCUT2D eigenvalue weighted by molar-refractivity contribution is 5.74. The molecule has 2 aliphatic heterocycles. The van der Waals surface area contributed by atoms with Gasteiger partial charge in [-0.2, -0.15) is 0 Å². The zero-order valence-electron chi connectivity index (χ0n) is 35.2. The molecule has 0 radical (unpaired) electrons. The van der Waals surface area contributed by atoms with Crippen molar-refractivity contribution in [1.82, 2.24) is 0 Å². The molecule has 3 rings (SSSR count). The van der Waals surface area contributed by atoms with Crippen molar-refractivity contribution in [3.8, 4) is 0 Å². The molecule has 1 aliphatic carbocycles. The van der Waals surface area contributed by atoms with E-state index in [-0.39, 0.29) is 12.5 Å². The lowest BCUT2D eigenvalue weighted by Gasteiger charge is -2.53. The van der Waals surface area contributed by atoms with Crippen LogP contribution in [0.25, 0.3) is 0 Å². The van der Waals surface area contributed by atoms with Gasteiger partial charge in [0.15, 0.2) is 12.6 Å². The maximum atomic E-state index is 12.1. The number of aliphatic hydroxyl groups is 11. The highest BCUT2D eigenvalue weighted by Gasteiger charge is 2.52. The number of hydrogen-bond acceptors (Lipinski definition) is 16. The number of ether oxygens (including phenoxy) is 4. The number of hydrogen-bond donors (Lipinski definition) is 11. The summed E-state index contributed by atoms with van der Waals surface area (Å²) in [6.45, 7) is 11.2. The van der Waals surface area contributed by atoms with Gasteiger partial charge in [-0.3, -0.25) is 4.79 Å². The molecule has 336 valence electrons. The molecule has 15 atom stereocenters. The highest BCUT2D eigenvalue weighted by atomic mass is 16.7. The van der Waals surface area contributed by atoms with Crippen molar-refractivity contribution in [2.24, 2.45) is 11.3 Å². The molecule has 16 nitrogen and oxygen atoms in total. The first kappa shape index (κ1) is 50.6. The topological polar surface area (TPSA) is 277 Å². The monoisotopic (exact) mass is 832 g/mol.